The van der Waals surface area contributed by atoms with E-state index in [0.717, 1.165) is 0 Å². The third kappa shape index (κ3) is 6.95. The van der Waals surface area contributed by atoms with Gasteiger partial charge < -0.3 is 4.74 Å². The lowest BCUT2D eigenvalue weighted by Crippen LogP contribution is -2.31. The molecule has 90 valence electrons. The number of thiol groups is 1. The van der Waals surface area contributed by atoms with E-state index in [-0.39, 0.29) is 12.6 Å². The van der Waals surface area contributed by atoms with Crippen LogP contribution in [0.3, 0.4) is 0 Å². The van der Waals surface area contributed by atoms with Crippen LogP contribution in [0.15, 0.2) is 5.11 Å². The highest BCUT2D eigenvalue weighted by molar-refractivity contribution is 8.42. The van der Waals surface area contributed by atoms with E-state index in [0.29, 0.717) is 16.5 Å². The second kappa shape index (κ2) is 7.78. The first-order valence-corrected chi connectivity index (χ1v) is 6.17. The van der Waals surface area contributed by atoms with E-state index in [4.69, 9.17) is 22.5 Å². The van der Waals surface area contributed by atoms with Gasteiger partial charge in [-0.25, -0.2) is 0 Å². The topological polar surface area (TPSA) is 75.1 Å². The summed E-state index contributed by atoms with van der Waals surface area (Å²) in [5.41, 5.74) is 8.03. The Morgan fingerprint density at radius 3 is 2.81 bits per heavy atom. The van der Waals surface area contributed by atoms with Crippen LogP contribution in [0.4, 0.5) is 0 Å². The summed E-state index contributed by atoms with van der Waals surface area (Å²) in [6.45, 7) is 4.00. The van der Waals surface area contributed by atoms with Crippen LogP contribution in [-0.4, -0.2) is 27.4 Å². The van der Waals surface area contributed by atoms with Crippen LogP contribution < -0.4 is 0 Å². The van der Waals surface area contributed by atoms with Gasteiger partial charge in [0.05, 0.1) is 6.61 Å². The molecule has 0 aromatic heterocycles. The van der Waals surface area contributed by atoms with Crippen LogP contribution in [0.5, 0.6) is 0 Å². The monoisotopic (exact) mass is 279 g/mol. The Balaban J connectivity index is 3.95. The van der Waals surface area contributed by atoms with E-state index in [1.807, 2.05) is 0 Å². The largest absolute Gasteiger partial charge is 0.465 e. The first-order chi connectivity index (χ1) is 7.40. The van der Waals surface area contributed by atoms with Gasteiger partial charge in [-0.3, -0.25) is 4.79 Å². The molecule has 0 aromatic rings. The van der Waals surface area contributed by atoms with E-state index in [9.17, 15) is 4.79 Å². The molecule has 0 N–H and O–H groups in total. The van der Waals surface area contributed by atoms with Crippen molar-refractivity contribution in [1.29, 1.82) is 0 Å². The van der Waals surface area contributed by atoms with Gasteiger partial charge in [-0.05, 0) is 25.8 Å². The summed E-state index contributed by atoms with van der Waals surface area (Å²) >= 11 is 9.92. The van der Waals surface area contributed by atoms with E-state index in [1.165, 1.54) is 11.8 Å². The van der Waals surface area contributed by atoms with E-state index in [2.05, 4.69) is 22.7 Å². The van der Waals surface area contributed by atoms with E-state index < -0.39 is 4.75 Å². The molecule has 0 aliphatic rings. The Labute approximate surface area is 109 Å². The molecule has 0 bridgehead atoms. The van der Waals surface area contributed by atoms with Crippen molar-refractivity contribution in [1.82, 2.24) is 0 Å². The van der Waals surface area contributed by atoms with Gasteiger partial charge in [0, 0.05) is 11.5 Å². The first-order valence-electron chi connectivity index (χ1n) is 4.50. The summed E-state index contributed by atoms with van der Waals surface area (Å²) in [7, 11) is 0. The van der Waals surface area contributed by atoms with Gasteiger partial charge >= 0.3 is 5.97 Å². The quantitative estimate of drug-likeness (QED) is 0.154. The molecule has 0 heterocycles. The molecule has 0 aliphatic carbocycles. The van der Waals surface area contributed by atoms with Gasteiger partial charge in [-0.2, -0.15) is 0 Å². The minimum absolute atomic E-state index is 0.237. The molecule has 5 nitrogen and oxygen atoms in total. The van der Waals surface area contributed by atoms with Crippen LogP contribution in [0.25, 0.3) is 10.4 Å². The molecule has 0 saturated carbocycles. The van der Waals surface area contributed by atoms with E-state index >= 15 is 0 Å². The third-order valence-corrected chi connectivity index (χ3v) is 2.91. The number of carbonyl (C=O) groups excluding carboxylic acids is 1. The van der Waals surface area contributed by atoms with Crippen LogP contribution in [0.1, 0.15) is 20.3 Å². The standard InChI is InChI=1S/C8H13N3O2S3/c1-8(2,16-7(14)15)6(12)13-5-3-4-10-11-9/h3-5H2,1-2H3,(H,14,15). The van der Waals surface area contributed by atoms with Crippen molar-refractivity contribution in [2.75, 3.05) is 13.2 Å². The SMILES string of the molecule is CC(C)(SC(=S)S)C(=O)OCCCN=[N+]=[N-]. The average Bonchev–Trinajstić information content (AvgIpc) is 2.15. The molecule has 0 aliphatic heterocycles. The average molecular weight is 279 g/mol. The summed E-state index contributed by atoms with van der Waals surface area (Å²) in [5, 5.41) is 3.33. The maximum absolute atomic E-state index is 11.6. The highest BCUT2D eigenvalue weighted by Crippen LogP contribution is 2.28. The van der Waals surface area contributed by atoms with Crippen molar-refractivity contribution < 1.29 is 9.53 Å². The number of thiocarbonyl (C=S) groups is 1. The third-order valence-electron chi connectivity index (χ3n) is 1.53. The zero-order valence-electron chi connectivity index (χ0n) is 9.04. The van der Waals surface area contributed by atoms with Gasteiger partial charge in [0.25, 0.3) is 0 Å². The summed E-state index contributed by atoms with van der Waals surface area (Å²) < 4.78 is 4.68. The summed E-state index contributed by atoms with van der Waals surface area (Å²) in [6.07, 6.45) is 0.516. The van der Waals surface area contributed by atoms with Crippen molar-refractivity contribution in [3.8, 4) is 0 Å². The normalized spacial score (nSPS) is 10.4. The Hall–Kier alpha value is -0.430. The molecule has 16 heavy (non-hydrogen) atoms. The lowest BCUT2D eigenvalue weighted by atomic mass is 10.2. The van der Waals surface area contributed by atoms with Gasteiger partial charge in [-0.15, -0.1) is 12.6 Å². The van der Waals surface area contributed by atoms with Crippen LogP contribution in [0.2, 0.25) is 0 Å². The predicted octanol–water partition coefficient (Wildman–Crippen LogP) is 2.96. The fourth-order valence-electron chi connectivity index (χ4n) is 0.779. The number of azide groups is 1. The summed E-state index contributed by atoms with van der Waals surface area (Å²) in [6, 6.07) is 0. The molecule has 0 fully saturated rings. The minimum Gasteiger partial charge on any atom is -0.465 e. The molecule has 0 radical (unpaired) electrons. The number of hydrogen-bond donors (Lipinski definition) is 1. The Morgan fingerprint density at radius 1 is 1.69 bits per heavy atom. The van der Waals surface area contributed by atoms with Crippen molar-refractivity contribution in [3.63, 3.8) is 0 Å². The Morgan fingerprint density at radius 2 is 2.31 bits per heavy atom. The van der Waals surface area contributed by atoms with Crippen LogP contribution >= 0.6 is 36.6 Å². The van der Waals surface area contributed by atoms with Gasteiger partial charge in [0.2, 0.25) is 0 Å². The van der Waals surface area contributed by atoms with Gasteiger partial charge in [0.15, 0.2) is 0 Å². The van der Waals surface area contributed by atoms with E-state index in [1.54, 1.807) is 13.8 Å². The van der Waals surface area contributed by atoms with Crippen molar-refractivity contribution >= 4 is 46.1 Å². The zero-order chi connectivity index (χ0) is 12.6. The lowest BCUT2D eigenvalue weighted by Gasteiger charge is -2.20. The molecule has 0 saturated heterocycles. The van der Waals surface area contributed by atoms with Crippen molar-refractivity contribution in [2.24, 2.45) is 5.11 Å². The second-order valence-electron chi connectivity index (χ2n) is 3.32. The maximum Gasteiger partial charge on any atom is 0.322 e. The summed E-state index contributed by atoms with van der Waals surface area (Å²) in [5.74, 6) is -0.352. The number of thioether (sulfide) groups is 1. The number of esters is 1. The number of carbonyl (C=O) groups is 1. The highest BCUT2D eigenvalue weighted by atomic mass is 32.2. The van der Waals surface area contributed by atoms with Crippen molar-refractivity contribution in [2.45, 2.75) is 25.0 Å². The molecular weight excluding hydrogens is 266 g/mol. The molecule has 0 rings (SSSR count). The Kier molecular flexibility index (Phi) is 7.57. The zero-order valence-corrected chi connectivity index (χ0v) is 11.6. The van der Waals surface area contributed by atoms with Gasteiger partial charge in [0.1, 0.15) is 8.28 Å². The smallest absolute Gasteiger partial charge is 0.322 e. The number of hydrogen-bond acceptors (Lipinski definition) is 5. The highest BCUT2D eigenvalue weighted by Gasteiger charge is 2.30. The predicted molar refractivity (Wildman–Crippen MR) is 72.8 cm³/mol. The van der Waals surface area contributed by atoms with Gasteiger partial charge in [-0.1, -0.05) is 29.1 Å². The fraction of sp³-hybridized carbons (Fsp3) is 0.750. The first kappa shape index (κ1) is 15.6. The molecule has 0 amide bonds. The maximum atomic E-state index is 11.6. The van der Waals surface area contributed by atoms with Crippen molar-refractivity contribution in [3.05, 3.63) is 10.4 Å². The fourth-order valence-corrected chi connectivity index (χ4v) is 2.67. The summed E-state index contributed by atoms with van der Waals surface area (Å²) in [4.78, 5) is 14.2. The Bertz CT molecular complexity index is 314. The molecule has 8 heteroatoms. The van der Waals surface area contributed by atoms with Crippen LogP contribution in [0, 0.1) is 0 Å². The molecule has 0 atom stereocenters. The lowest BCUT2D eigenvalue weighted by molar-refractivity contribution is -0.145. The molecular formula is C8H13N3O2S3. The number of rotatable bonds is 6. The minimum atomic E-state index is -0.739. The molecule has 0 unspecified atom stereocenters. The number of nitrogens with zero attached hydrogens (tertiary/aromatic N) is 3. The molecule has 0 aromatic carbocycles. The van der Waals surface area contributed by atoms with Crippen LogP contribution in [-0.2, 0) is 9.53 Å². The number of ether oxygens (including phenoxy) is 1. The molecule has 0 spiro atoms. The second-order valence-corrected chi connectivity index (χ2v) is 6.67.